The summed E-state index contributed by atoms with van der Waals surface area (Å²) in [7, 11) is 0. The normalized spacial score (nSPS) is 22.2. The van der Waals surface area contributed by atoms with Gasteiger partial charge in [-0.1, -0.05) is 50.3 Å². The van der Waals surface area contributed by atoms with Crippen LogP contribution in [0.25, 0.3) is 0 Å². The quantitative estimate of drug-likeness (QED) is 0.607. The lowest BCUT2D eigenvalue weighted by Crippen LogP contribution is -2.22. The van der Waals surface area contributed by atoms with E-state index in [0.29, 0.717) is 0 Å². The molecule has 1 aliphatic carbocycles. The zero-order valence-electron chi connectivity index (χ0n) is 15.0. The number of esters is 2. The van der Waals surface area contributed by atoms with E-state index in [2.05, 4.69) is 0 Å². The lowest BCUT2D eigenvalue weighted by atomic mass is 10.1. The first kappa shape index (κ1) is 18.2. The van der Waals surface area contributed by atoms with Crippen molar-refractivity contribution in [1.29, 1.82) is 0 Å². The highest BCUT2D eigenvalue weighted by Gasteiger charge is 2.61. The second-order valence-electron chi connectivity index (χ2n) is 7.81. The molecule has 0 radical (unpaired) electrons. The Morgan fingerprint density at radius 1 is 1.17 bits per heavy atom. The third-order valence-electron chi connectivity index (χ3n) is 4.23. The van der Waals surface area contributed by atoms with Gasteiger partial charge >= 0.3 is 11.9 Å². The van der Waals surface area contributed by atoms with Gasteiger partial charge in [0.05, 0.1) is 5.92 Å². The maximum Gasteiger partial charge on any atom is 0.330 e. The molecule has 24 heavy (non-hydrogen) atoms. The van der Waals surface area contributed by atoms with Gasteiger partial charge in [0.15, 0.2) is 0 Å². The molecule has 1 aromatic rings. The summed E-state index contributed by atoms with van der Waals surface area (Å²) in [6.45, 7) is 9.75. The molecule has 0 bridgehead atoms. The third-order valence-corrected chi connectivity index (χ3v) is 4.23. The molecular formula is C20H26O4. The maximum atomic E-state index is 12.3. The lowest BCUT2D eigenvalue weighted by Gasteiger charge is -2.17. The molecule has 0 N–H and O–H groups in total. The van der Waals surface area contributed by atoms with Crippen LogP contribution in [0.5, 0.6) is 0 Å². The molecule has 0 aliphatic heterocycles. The van der Waals surface area contributed by atoms with Crippen LogP contribution in [-0.4, -0.2) is 17.5 Å². The number of allylic oxidation sites excluding steroid dienone is 1. The minimum absolute atomic E-state index is 0.00621. The average Bonchev–Trinajstić information content (AvgIpc) is 3.03. The summed E-state index contributed by atoms with van der Waals surface area (Å²) in [6.07, 6.45) is 3.19. The Balaban J connectivity index is 1.89. The Kier molecular flexibility index (Phi) is 5.16. The van der Waals surface area contributed by atoms with Crippen LogP contribution >= 0.6 is 0 Å². The van der Waals surface area contributed by atoms with E-state index in [-0.39, 0.29) is 35.8 Å². The molecular weight excluding hydrogens is 304 g/mol. The van der Waals surface area contributed by atoms with Crippen molar-refractivity contribution in [3.05, 3.63) is 48.0 Å². The van der Waals surface area contributed by atoms with Crippen molar-refractivity contribution < 1.29 is 19.1 Å². The third kappa shape index (κ3) is 4.70. The zero-order chi connectivity index (χ0) is 18.0. The van der Waals surface area contributed by atoms with Crippen molar-refractivity contribution in [3.63, 3.8) is 0 Å². The van der Waals surface area contributed by atoms with E-state index in [1.165, 1.54) is 6.08 Å². The van der Waals surface area contributed by atoms with Crippen molar-refractivity contribution in [2.75, 3.05) is 0 Å². The minimum Gasteiger partial charge on any atom is -0.461 e. The van der Waals surface area contributed by atoms with Gasteiger partial charge in [0, 0.05) is 6.08 Å². The molecule has 0 aromatic heterocycles. The Morgan fingerprint density at radius 2 is 1.79 bits per heavy atom. The van der Waals surface area contributed by atoms with Crippen molar-refractivity contribution >= 4 is 11.9 Å². The average molecular weight is 330 g/mol. The fourth-order valence-electron chi connectivity index (χ4n) is 2.82. The highest BCUT2D eigenvalue weighted by Crippen LogP contribution is 2.59. The summed E-state index contributed by atoms with van der Waals surface area (Å²) in [5, 5.41) is 0. The van der Waals surface area contributed by atoms with Gasteiger partial charge in [-0.25, -0.2) is 4.79 Å². The summed E-state index contributed by atoms with van der Waals surface area (Å²) in [5.41, 5.74) is 0.242. The Labute approximate surface area is 143 Å². The first-order valence-corrected chi connectivity index (χ1v) is 8.23. The molecule has 4 nitrogen and oxygen atoms in total. The summed E-state index contributed by atoms with van der Waals surface area (Å²) in [4.78, 5) is 24.1. The lowest BCUT2D eigenvalue weighted by molar-refractivity contribution is -0.149. The van der Waals surface area contributed by atoms with E-state index in [1.807, 2.05) is 65.0 Å². The topological polar surface area (TPSA) is 52.6 Å². The van der Waals surface area contributed by atoms with Gasteiger partial charge in [-0.15, -0.1) is 0 Å². The number of carbonyl (C=O) groups excluding carboxylic acids is 2. The fourth-order valence-corrected chi connectivity index (χ4v) is 2.82. The van der Waals surface area contributed by atoms with E-state index >= 15 is 0 Å². The summed E-state index contributed by atoms with van der Waals surface area (Å²) in [6, 6.07) is 9.59. The molecule has 1 aromatic carbocycles. The number of ether oxygens (including phenoxy) is 2. The van der Waals surface area contributed by atoms with Crippen LogP contribution < -0.4 is 0 Å². The SMILES string of the molecule is CC(C)(C)OC(=O)C=CC1C(C(=O)OCc2ccccc2)C1(C)C. The minimum atomic E-state index is -0.519. The molecule has 4 heteroatoms. The molecule has 0 amide bonds. The van der Waals surface area contributed by atoms with Crippen LogP contribution in [-0.2, 0) is 25.7 Å². The molecule has 1 saturated carbocycles. The van der Waals surface area contributed by atoms with Crippen LogP contribution in [0.3, 0.4) is 0 Å². The number of hydrogen-bond donors (Lipinski definition) is 0. The van der Waals surface area contributed by atoms with Crippen LogP contribution in [0.4, 0.5) is 0 Å². The predicted molar refractivity (Wildman–Crippen MR) is 92.0 cm³/mol. The molecule has 0 heterocycles. The Hall–Kier alpha value is -2.10. The Bertz CT molecular complexity index is 623. The molecule has 1 fully saturated rings. The van der Waals surface area contributed by atoms with E-state index in [9.17, 15) is 9.59 Å². The number of rotatable bonds is 5. The number of carbonyl (C=O) groups is 2. The fraction of sp³-hybridized carbons (Fsp3) is 0.500. The number of benzene rings is 1. The van der Waals surface area contributed by atoms with Crippen molar-refractivity contribution in [2.24, 2.45) is 17.3 Å². The highest BCUT2D eigenvalue weighted by molar-refractivity contribution is 5.83. The van der Waals surface area contributed by atoms with Crippen molar-refractivity contribution in [2.45, 2.75) is 46.8 Å². The molecule has 2 rings (SSSR count). The van der Waals surface area contributed by atoms with E-state index < -0.39 is 5.60 Å². The summed E-state index contributed by atoms with van der Waals surface area (Å²) in [5.74, 6) is -0.836. The monoisotopic (exact) mass is 330 g/mol. The van der Waals surface area contributed by atoms with E-state index in [1.54, 1.807) is 6.08 Å². The van der Waals surface area contributed by atoms with Crippen LogP contribution in [0.2, 0.25) is 0 Å². The molecule has 0 saturated heterocycles. The second-order valence-corrected chi connectivity index (χ2v) is 7.81. The van der Waals surface area contributed by atoms with Crippen LogP contribution in [0.1, 0.15) is 40.2 Å². The van der Waals surface area contributed by atoms with Gasteiger partial charge in [-0.2, -0.15) is 0 Å². The molecule has 130 valence electrons. The van der Waals surface area contributed by atoms with Gasteiger partial charge in [0.2, 0.25) is 0 Å². The summed E-state index contributed by atoms with van der Waals surface area (Å²) >= 11 is 0. The van der Waals surface area contributed by atoms with Crippen LogP contribution in [0.15, 0.2) is 42.5 Å². The van der Waals surface area contributed by atoms with Gasteiger partial charge in [-0.3, -0.25) is 4.79 Å². The molecule has 2 unspecified atom stereocenters. The smallest absolute Gasteiger partial charge is 0.330 e. The maximum absolute atomic E-state index is 12.3. The standard InChI is InChI=1S/C20H26O4/c1-19(2,3)24-16(21)12-11-15-17(20(15,4)5)18(22)23-13-14-9-7-6-8-10-14/h6-12,15,17H,13H2,1-5H3. The first-order valence-electron chi connectivity index (χ1n) is 8.23. The zero-order valence-corrected chi connectivity index (χ0v) is 15.0. The predicted octanol–water partition coefficient (Wildman–Crippen LogP) is 3.90. The molecule has 2 atom stereocenters. The Morgan fingerprint density at radius 3 is 2.38 bits per heavy atom. The highest BCUT2D eigenvalue weighted by atomic mass is 16.6. The largest absolute Gasteiger partial charge is 0.461 e. The van der Waals surface area contributed by atoms with Gasteiger partial charge in [-0.05, 0) is 37.7 Å². The first-order chi connectivity index (χ1) is 11.1. The van der Waals surface area contributed by atoms with Crippen molar-refractivity contribution in [3.8, 4) is 0 Å². The van der Waals surface area contributed by atoms with E-state index in [0.717, 1.165) is 5.56 Å². The van der Waals surface area contributed by atoms with E-state index in [4.69, 9.17) is 9.47 Å². The van der Waals surface area contributed by atoms with Crippen LogP contribution in [0, 0.1) is 17.3 Å². The second kappa shape index (κ2) is 6.80. The van der Waals surface area contributed by atoms with Gasteiger partial charge in [0.25, 0.3) is 0 Å². The summed E-state index contributed by atoms with van der Waals surface area (Å²) < 4.78 is 10.7. The molecule has 0 spiro atoms. The van der Waals surface area contributed by atoms with Gasteiger partial charge in [0.1, 0.15) is 12.2 Å². The number of hydrogen-bond acceptors (Lipinski definition) is 4. The van der Waals surface area contributed by atoms with Crippen molar-refractivity contribution in [1.82, 2.24) is 0 Å². The van der Waals surface area contributed by atoms with Gasteiger partial charge < -0.3 is 9.47 Å². The molecule has 1 aliphatic rings.